The Morgan fingerprint density at radius 3 is 1.82 bits per heavy atom. The molecule has 3 aromatic rings. The van der Waals surface area contributed by atoms with Crippen LogP contribution >= 0.6 is 11.6 Å². The minimum absolute atomic E-state index is 0.0852. The molecule has 1 N–H and O–H groups in total. The van der Waals surface area contributed by atoms with Crippen LogP contribution in [0.1, 0.15) is 59.8 Å². The molecule has 0 saturated carbocycles. The summed E-state index contributed by atoms with van der Waals surface area (Å²) in [5.41, 5.74) is 5.10. The highest BCUT2D eigenvalue weighted by atomic mass is 35.5. The number of hydrogen-bond donors (Lipinski definition) is 1. The summed E-state index contributed by atoms with van der Waals surface area (Å²) in [5.74, 6) is -2.05. The molecule has 1 saturated heterocycles. The molecular formula is C32H29ClN2O5. The molecular weight excluding hydrogens is 528 g/mol. The van der Waals surface area contributed by atoms with E-state index in [1.54, 1.807) is 24.3 Å². The summed E-state index contributed by atoms with van der Waals surface area (Å²) in [6.07, 6.45) is 1.95. The molecule has 3 aliphatic carbocycles. The van der Waals surface area contributed by atoms with E-state index in [0.29, 0.717) is 36.5 Å². The van der Waals surface area contributed by atoms with E-state index in [1.165, 1.54) is 4.90 Å². The van der Waals surface area contributed by atoms with E-state index in [4.69, 9.17) is 16.3 Å². The maximum Gasteiger partial charge on any atom is 0.306 e. The quantitative estimate of drug-likeness (QED) is 0.220. The Labute approximate surface area is 237 Å². The summed E-state index contributed by atoms with van der Waals surface area (Å²) >= 11 is 6.02. The van der Waals surface area contributed by atoms with Crippen molar-refractivity contribution in [3.05, 3.63) is 100 Å². The van der Waals surface area contributed by atoms with Gasteiger partial charge in [-0.25, -0.2) is 0 Å². The Balaban J connectivity index is 1.01. The molecule has 0 spiro atoms. The number of likely N-dealkylation sites (tertiary alicyclic amines) is 1. The number of ether oxygens (including phenoxy) is 1. The fourth-order valence-corrected chi connectivity index (χ4v) is 6.83. The number of halogens is 1. The Morgan fingerprint density at radius 1 is 0.750 bits per heavy atom. The first-order chi connectivity index (χ1) is 19.5. The number of unbranched alkanes of at least 4 members (excludes halogenated alkanes) is 2. The van der Waals surface area contributed by atoms with Gasteiger partial charge in [0.05, 0.1) is 22.5 Å². The Bertz CT molecular complexity index is 1390. The Kier molecular flexibility index (Phi) is 7.15. The maximum absolute atomic E-state index is 13.6. The number of amides is 3. The van der Waals surface area contributed by atoms with Gasteiger partial charge in [-0.15, -0.1) is 0 Å². The van der Waals surface area contributed by atoms with Gasteiger partial charge in [0.1, 0.15) is 0 Å². The number of carbonyl (C=O) groups is 4. The lowest BCUT2D eigenvalue weighted by atomic mass is 9.55. The molecule has 3 aromatic carbocycles. The van der Waals surface area contributed by atoms with Gasteiger partial charge in [0.25, 0.3) is 5.91 Å². The summed E-state index contributed by atoms with van der Waals surface area (Å²) in [6, 6.07) is 23.2. The molecule has 8 heteroatoms. The third kappa shape index (κ3) is 4.58. The molecule has 1 aliphatic heterocycles. The standard InChI is InChI=1S/C32H29ClN2O5/c33-23-14-7-8-15-24(23)34-25(36)18-40-26(37)16-2-1-9-17-35-31(38)29-27-19-10-3-4-11-20(19)28(30(29)32(35)39)22-13-6-5-12-21(22)27/h3-8,10-15,27-30H,1-2,9,16-18H2,(H,34,36)/t27?,28?,29-,30-/m0/s1. The van der Waals surface area contributed by atoms with Gasteiger partial charge in [-0.3, -0.25) is 24.1 Å². The number of esters is 1. The highest BCUT2D eigenvalue weighted by Crippen LogP contribution is 2.60. The second kappa shape index (κ2) is 10.9. The Hall–Kier alpha value is -3.97. The van der Waals surface area contributed by atoms with Crippen LogP contribution in [0.4, 0.5) is 5.69 Å². The van der Waals surface area contributed by atoms with Gasteiger partial charge in [-0.2, -0.15) is 0 Å². The van der Waals surface area contributed by atoms with E-state index in [0.717, 1.165) is 22.3 Å². The number of nitrogens with one attached hydrogen (secondary N) is 1. The zero-order chi connectivity index (χ0) is 27.8. The smallest absolute Gasteiger partial charge is 0.306 e. The van der Waals surface area contributed by atoms with E-state index in [-0.39, 0.29) is 41.9 Å². The lowest BCUT2D eigenvalue weighted by Crippen LogP contribution is -2.41. The topological polar surface area (TPSA) is 92.8 Å². The highest BCUT2D eigenvalue weighted by molar-refractivity contribution is 6.33. The van der Waals surface area contributed by atoms with Crippen LogP contribution in [0.3, 0.4) is 0 Å². The molecule has 1 heterocycles. The van der Waals surface area contributed by atoms with Crippen molar-refractivity contribution in [1.82, 2.24) is 4.90 Å². The zero-order valence-electron chi connectivity index (χ0n) is 21.8. The first kappa shape index (κ1) is 26.3. The second-order valence-corrected chi connectivity index (χ2v) is 11.0. The van der Waals surface area contributed by atoms with Gasteiger partial charge >= 0.3 is 5.97 Å². The minimum atomic E-state index is -0.472. The molecule has 2 atom stereocenters. The summed E-state index contributed by atoms with van der Waals surface area (Å²) in [7, 11) is 0. The Morgan fingerprint density at radius 2 is 1.27 bits per heavy atom. The summed E-state index contributed by atoms with van der Waals surface area (Å²) in [5, 5.41) is 3.01. The second-order valence-electron chi connectivity index (χ2n) is 10.6. The molecule has 3 amide bonds. The molecule has 0 radical (unpaired) electrons. The van der Waals surface area contributed by atoms with Crippen molar-refractivity contribution in [2.45, 2.75) is 37.5 Å². The van der Waals surface area contributed by atoms with Crippen molar-refractivity contribution >= 4 is 41.0 Å². The molecule has 40 heavy (non-hydrogen) atoms. The van der Waals surface area contributed by atoms with E-state index in [9.17, 15) is 19.2 Å². The van der Waals surface area contributed by atoms with Crippen LogP contribution in [0, 0.1) is 11.8 Å². The first-order valence-corrected chi connectivity index (χ1v) is 14.1. The zero-order valence-corrected chi connectivity index (χ0v) is 22.6. The summed E-state index contributed by atoms with van der Waals surface area (Å²) in [4.78, 5) is 52.8. The lowest BCUT2D eigenvalue weighted by Gasteiger charge is -2.45. The highest BCUT2D eigenvalue weighted by Gasteiger charge is 2.61. The molecule has 2 bridgehead atoms. The first-order valence-electron chi connectivity index (χ1n) is 13.7. The minimum Gasteiger partial charge on any atom is -0.456 e. The van der Waals surface area contributed by atoms with Crippen molar-refractivity contribution in [1.29, 1.82) is 0 Å². The summed E-state index contributed by atoms with van der Waals surface area (Å²) < 4.78 is 5.07. The molecule has 0 aromatic heterocycles. The average molecular weight is 557 g/mol. The van der Waals surface area contributed by atoms with Gasteiger partial charge in [-0.05, 0) is 47.2 Å². The number of rotatable bonds is 9. The van der Waals surface area contributed by atoms with Crippen LogP contribution in [0.5, 0.6) is 0 Å². The number of para-hydroxylation sites is 1. The van der Waals surface area contributed by atoms with Crippen LogP contribution in [-0.2, 0) is 23.9 Å². The molecule has 1 fully saturated rings. The lowest BCUT2D eigenvalue weighted by molar-refractivity contribution is -0.147. The van der Waals surface area contributed by atoms with E-state index in [2.05, 4.69) is 29.6 Å². The summed E-state index contributed by atoms with van der Waals surface area (Å²) in [6.45, 7) is -0.0528. The molecule has 0 unspecified atom stereocenters. The van der Waals surface area contributed by atoms with E-state index < -0.39 is 18.5 Å². The van der Waals surface area contributed by atoms with E-state index in [1.807, 2.05) is 24.3 Å². The predicted molar refractivity (Wildman–Crippen MR) is 150 cm³/mol. The van der Waals surface area contributed by atoms with Crippen LogP contribution in [0.15, 0.2) is 72.8 Å². The fraction of sp³-hybridized carbons (Fsp3) is 0.312. The van der Waals surface area contributed by atoms with E-state index >= 15 is 0 Å². The van der Waals surface area contributed by atoms with Crippen LogP contribution in [0.25, 0.3) is 0 Å². The monoisotopic (exact) mass is 556 g/mol. The van der Waals surface area contributed by atoms with Crippen molar-refractivity contribution < 1.29 is 23.9 Å². The van der Waals surface area contributed by atoms with Gasteiger partial charge in [0.2, 0.25) is 11.8 Å². The predicted octanol–water partition coefficient (Wildman–Crippen LogP) is 5.27. The van der Waals surface area contributed by atoms with Crippen molar-refractivity contribution in [2.75, 3.05) is 18.5 Å². The average Bonchev–Trinajstić information content (AvgIpc) is 3.22. The van der Waals surface area contributed by atoms with Crippen LogP contribution in [0.2, 0.25) is 5.02 Å². The third-order valence-electron chi connectivity index (χ3n) is 8.31. The van der Waals surface area contributed by atoms with Gasteiger partial charge in [-0.1, -0.05) is 78.7 Å². The normalized spacial score (nSPS) is 22.0. The molecule has 7 nitrogen and oxygen atoms in total. The van der Waals surface area contributed by atoms with Crippen LogP contribution in [-0.4, -0.2) is 41.7 Å². The SMILES string of the molecule is O=C(COC(=O)CCCCCN1C(=O)[C@H]2C3c4ccccc4C(c4ccccc43)[C@@H]2C1=O)Nc1ccccc1Cl. The number of benzene rings is 3. The van der Waals surface area contributed by atoms with Crippen molar-refractivity contribution in [3.8, 4) is 0 Å². The molecule has 7 rings (SSSR count). The largest absolute Gasteiger partial charge is 0.456 e. The fourth-order valence-electron chi connectivity index (χ4n) is 6.64. The molecule has 4 aliphatic rings. The van der Waals surface area contributed by atoms with Gasteiger partial charge < -0.3 is 10.1 Å². The number of anilines is 1. The number of nitrogens with zero attached hydrogens (tertiary/aromatic N) is 1. The number of hydrogen-bond acceptors (Lipinski definition) is 5. The number of carbonyl (C=O) groups excluding carboxylic acids is 4. The van der Waals surface area contributed by atoms with Gasteiger partial charge in [0.15, 0.2) is 6.61 Å². The van der Waals surface area contributed by atoms with Crippen molar-refractivity contribution in [2.24, 2.45) is 11.8 Å². The van der Waals surface area contributed by atoms with Gasteiger partial charge in [0, 0.05) is 24.8 Å². The number of imide groups is 1. The van der Waals surface area contributed by atoms with Crippen molar-refractivity contribution in [3.63, 3.8) is 0 Å². The molecule has 204 valence electrons. The van der Waals surface area contributed by atoms with Crippen LogP contribution < -0.4 is 5.32 Å². The maximum atomic E-state index is 13.6. The third-order valence-corrected chi connectivity index (χ3v) is 8.64.